The standard InChI is InChI=1S/C20H17ClN4O3S/c1-11(26)22-14-3-2-4-15(9-14)25-10-12(7-18(25)27)19(28)24-20-23-16-6-5-13(21)8-17(16)29-20/h2-6,8-9,12H,7,10H2,1H3,(H,22,26)(H,23,24,28). The number of thiazole rings is 1. The van der Waals surface area contributed by atoms with Crippen LogP contribution in [0.1, 0.15) is 13.3 Å². The number of amides is 3. The van der Waals surface area contributed by atoms with Crippen LogP contribution in [0.25, 0.3) is 10.2 Å². The molecule has 0 aliphatic carbocycles. The van der Waals surface area contributed by atoms with Gasteiger partial charge in [-0.3, -0.25) is 14.4 Å². The van der Waals surface area contributed by atoms with Crippen molar-refractivity contribution in [1.29, 1.82) is 0 Å². The van der Waals surface area contributed by atoms with Gasteiger partial charge in [-0.05, 0) is 36.4 Å². The molecular weight excluding hydrogens is 412 g/mol. The normalized spacial score (nSPS) is 16.3. The minimum absolute atomic E-state index is 0.118. The van der Waals surface area contributed by atoms with Crippen molar-refractivity contribution < 1.29 is 14.4 Å². The van der Waals surface area contributed by atoms with Gasteiger partial charge < -0.3 is 15.5 Å². The molecule has 3 aromatic rings. The molecule has 1 fully saturated rings. The second-order valence-corrected chi connectivity index (χ2v) is 8.22. The molecule has 1 aliphatic heterocycles. The van der Waals surface area contributed by atoms with E-state index in [1.165, 1.54) is 18.3 Å². The monoisotopic (exact) mass is 428 g/mol. The summed E-state index contributed by atoms with van der Waals surface area (Å²) in [6.45, 7) is 1.69. The highest BCUT2D eigenvalue weighted by Gasteiger charge is 2.35. The summed E-state index contributed by atoms with van der Waals surface area (Å²) in [6, 6.07) is 12.3. The summed E-state index contributed by atoms with van der Waals surface area (Å²) >= 11 is 7.33. The van der Waals surface area contributed by atoms with E-state index in [0.717, 1.165) is 10.2 Å². The number of rotatable bonds is 4. The molecule has 2 aromatic carbocycles. The predicted molar refractivity (Wildman–Crippen MR) is 114 cm³/mol. The maximum atomic E-state index is 12.7. The van der Waals surface area contributed by atoms with Crippen molar-refractivity contribution in [2.75, 3.05) is 22.1 Å². The third-order valence-corrected chi connectivity index (χ3v) is 5.72. The van der Waals surface area contributed by atoms with Crippen LogP contribution in [0.5, 0.6) is 0 Å². The van der Waals surface area contributed by atoms with Gasteiger partial charge >= 0.3 is 0 Å². The molecular formula is C20H17ClN4O3S. The van der Waals surface area contributed by atoms with Gasteiger partial charge in [-0.2, -0.15) is 0 Å². The first-order valence-electron chi connectivity index (χ1n) is 8.94. The average Bonchev–Trinajstić information content (AvgIpc) is 3.24. The Morgan fingerprint density at radius 3 is 2.83 bits per heavy atom. The number of nitrogens with one attached hydrogen (secondary N) is 2. The van der Waals surface area contributed by atoms with Crippen LogP contribution in [0.3, 0.4) is 0 Å². The predicted octanol–water partition coefficient (Wildman–Crippen LogP) is 3.90. The fourth-order valence-electron chi connectivity index (χ4n) is 3.25. The zero-order valence-corrected chi connectivity index (χ0v) is 17.0. The van der Waals surface area contributed by atoms with E-state index in [0.29, 0.717) is 21.5 Å². The Hall–Kier alpha value is -2.97. The fraction of sp³-hybridized carbons (Fsp3) is 0.200. The number of fused-ring (bicyclic) bond motifs is 1. The van der Waals surface area contributed by atoms with E-state index >= 15 is 0 Å². The highest BCUT2D eigenvalue weighted by molar-refractivity contribution is 7.22. The van der Waals surface area contributed by atoms with Gasteiger partial charge in [0.2, 0.25) is 17.7 Å². The number of nitrogens with zero attached hydrogens (tertiary/aromatic N) is 2. The molecule has 1 unspecified atom stereocenters. The minimum atomic E-state index is -0.484. The quantitative estimate of drug-likeness (QED) is 0.659. The third-order valence-electron chi connectivity index (χ3n) is 4.55. The van der Waals surface area contributed by atoms with Crippen LogP contribution in [-0.2, 0) is 14.4 Å². The summed E-state index contributed by atoms with van der Waals surface area (Å²) in [5, 5.41) is 6.59. The number of anilines is 3. The van der Waals surface area contributed by atoms with Gasteiger partial charge in [-0.1, -0.05) is 29.0 Å². The Labute approximate surface area is 175 Å². The molecule has 4 rings (SSSR count). The minimum Gasteiger partial charge on any atom is -0.326 e. The zero-order chi connectivity index (χ0) is 20.5. The van der Waals surface area contributed by atoms with Crippen molar-refractivity contribution >= 4 is 67.4 Å². The van der Waals surface area contributed by atoms with Crippen LogP contribution < -0.4 is 15.5 Å². The van der Waals surface area contributed by atoms with Gasteiger partial charge in [0.1, 0.15) is 0 Å². The summed E-state index contributed by atoms with van der Waals surface area (Å²) in [5.41, 5.74) is 2.00. The number of hydrogen-bond donors (Lipinski definition) is 2. The first kappa shape index (κ1) is 19.4. The maximum absolute atomic E-state index is 12.7. The molecule has 0 spiro atoms. The zero-order valence-electron chi connectivity index (χ0n) is 15.4. The van der Waals surface area contributed by atoms with Crippen LogP contribution in [0.2, 0.25) is 5.02 Å². The molecule has 29 heavy (non-hydrogen) atoms. The van der Waals surface area contributed by atoms with E-state index in [-0.39, 0.29) is 30.7 Å². The highest BCUT2D eigenvalue weighted by atomic mass is 35.5. The maximum Gasteiger partial charge on any atom is 0.231 e. The van der Waals surface area contributed by atoms with E-state index in [1.54, 1.807) is 47.4 Å². The van der Waals surface area contributed by atoms with Crippen LogP contribution in [0.4, 0.5) is 16.5 Å². The van der Waals surface area contributed by atoms with E-state index in [1.807, 2.05) is 0 Å². The molecule has 148 valence electrons. The Morgan fingerprint density at radius 2 is 2.03 bits per heavy atom. The van der Waals surface area contributed by atoms with Gasteiger partial charge in [-0.15, -0.1) is 0 Å². The van der Waals surface area contributed by atoms with E-state index in [9.17, 15) is 14.4 Å². The van der Waals surface area contributed by atoms with Crippen molar-refractivity contribution in [1.82, 2.24) is 4.98 Å². The lowest BCUT2D eigenvalue weighted by Gasteiger charge is -2.17. The topological polar surface area (TPSA) is 91.4 Å². The first-order valence-corrected chi connectivity index (χ1v) is 10.1. The highest BCUT2D eigenvalue weighted by Crippen LogP contribution is 2.31. The molecule has 7 nitrogen and oxygen atoms in total. The van der Waals surface area contributed by atoms with Crippen LogP contribution in [-0.4, -0.2) is 29.3 Å². The summed E-state index contributed by atoms with van der Waals surface area (Å²) in [5.74, 6) is -1.06. The SMILES string of the molecule is CC(=O)Nc1cccc(N2CC(C(=O)Nc3nc4ccc(Cl)cc4s3)CC2=O)c1. The molecule has 9 heteroatoms. The van der Waals surface area contributed by atoms with Gasteiger partial charge in [0.15, 0.2) is 5.13 Å². The summed E-state index contributed by atoms with van der Waals surface area (Å²) in [4.78, 5) is 42.4. The molecule has 1 aliphatic rings. The summed E-state index contributed by atoms with van der Waals surface area (Å²) in [7, 11) is 0. The number of hydrogen-bond acceptors (Lipinski definition) is 5. The number of halogens is 1. The van der Waals surface area contributed by atoms with Gasteiger partial charge in [0.25, 0.3) is 0 Å². The Morgan fingerprint density at radius 1 is 1.21 bits per heavy atom. The van der Waals surface area contributed by atoms with E-state index < -0.39 is 5.92 Å². The van der Waals surface area contributed by atoms with Gasteiger partial charge in [-0.25, -0.2) is 4.98 Å². The van der Waals surface area contributed by atoms with Crippen molar-refractivity contribution in [2.24, 2.45) is 5.92 Å². The Kier molecular flexibility index (Phi) is 5.21. The van der Waals surface area contributed by atoms with Crippen molar-refractivity contribution in [2.45, 2.75) is 13.3 Å². The Balaban J connectivity index is 1.46. The molecule has 2 N–H and O–H groups in total. The van der Waals surface area contributed by atoms with E-state index in [4.69, 9.17) is 11.6 Å². The fourth-order valence-corrected chi connectivity index (χ4v) is 4.39. The molecule has 3 amide bonds. The molecule has 0 saturated carbocycles. The smallest absolute Gasteiger partial charge is 0.231 e. The molecule has 1 aromatic heterocycles. The Bertz CT molecular complexity index is 1130. The molecule has 1 saturated heterocycles. The van der Waals surface area contributed by atoms with Crippen LogP contribution >= 0.6 is 22.9 Å². The lowest BCUT2D eigenvalue weighted by Crippen LogP contribution is -2.28. The van der Waals surface area contributed by atoms with Gasteiger partial charge in [0, 0.05) is 36.3 Å². The number of carbonyl (C=O) groups excluding carboxylic acids is 3. The number of aromatic nitrogens is 1. The first-order chi connectivity index (χ1) is 13.9. The lowest BCUT2D eigenvalue weighted by molar-refractivity contribution is -0.122. The van der Waals surface area contributed by atoms with Crippen molar-refractivity contribution in [3.8, 4) is 0 Å². The summed E-state index contributed by atoms with van der Waals surface area (Å²) in [6.07, 6.45) is 0.118. The second kappa shape index (κ2) is 7.81. The number of benzene rings is 2. The molecule has 2 heterocycles. The summed E-state index contributed by atoms with van der Waals surface area (Å²) < 4.78 is 0.881. The largest absolute Gasteiger partial charge is 0.326 e. The molecule has 0 bridgehead atoms. The average molecular weight is 429 g/mol. The third kappa shape index (κ3) is 4.23. The van der Waals surface area contributed by atoms with Crippen LogP contribution in [0, 0.1) is 5.92 Å². The number of carbonyl (C=O) groups is 3. The van der Waals surface area contributed by atoms with Crippen LogP contribution in [0.15, 0.2) is 42.5 Å². The molecule has 0 radical (unpaired) electrons. The molecule has 1 atom stereocenters. The van der Waals surface area contributed by atoms with Crippen molar-refractivity contribution in [3.63, 3.8) is 0 Å². The lowest BCUT2D eigenvalue weighted by atomic mass is 10.1. The van der Waals surface area contributed by atoms with Crippen molar-refractivity contribution in [3.05, 3.63) is 47.5 Å². The second-order valence-electron chi connectivity index (χ2n) is 6.76. The van der Waals surface area contributed by atoms with E-state index in [2.05, 4.69) is 15.6 Å². The van der Waals surface area contributed by atoms with Gasteiger partial charge in [0.05, 0.1) is 16.1 Å².